The zero-order valence-corrected chi connectivity index (χ0v) is 11.5. The highest BCUT2D eigenvalue weighted by molar-refractivity contribution is 7.89. The minimum absolute atomic E-state index is 0.0845. The number of nitrogens with two attached hydrogens (primary N) is 1. The van der Waals surface area contributed by atoms with Crippen LogP contribution in [0.5, 0.6) is 0 Å². The second kappa shape index (κ2) is 5.05. The van der Waals surface area contributed by atoms with Crippen LogP contribution in [0.2, 0.25) is 5.02 Å². The van der Waals surface area contributed by atoms with Gasteiger partial charge in [-0.15, -0.1) is 0 Å². The molecule has 0 spiro atoms. The molecule has 1 atom stereocenters. The van der Waals surface area contributed by atoms with E-state index in [1.807, 2.05) is 0 Å². The number of likely N-dealkylation sites (N-methyl/N-ethyl adjacent to an activating group) is 1. The van der Waals surface area contributed by atoms with Gasteiger partial charge in [0.15, 0.2) is 0 Å². The largest absolute Gasteiger partial charge is 0.398 e. The van der Waals surface area contributed by atoms with E-state index in [0.717, 1.165) is 0 Å². The first kappa shape index (κ1) is 13.6. The summed E-state index contributed by atoms with van der Waals surface area (Å²) >= 11 is 5.77. The molecule has 1 unspecified atom stereocenters. The van der Waals surface area contributed by atoms with Crippen molar-refractivity contribution >= 4 is 27.3 Å². The van der Waals surface area contributed by atoms with Crippen LogP contribution in [0.15, 0.2) is 23.1 Å². The Kier molecular flexibility index (Phi) is 3.82. The summed E-state index contributed by atoms with van der Waals surface area (Å²) < 4.78 is 31.3. The van der Waals surface area contributed by atoms with Crippen molar-refractivity contribution in [3.05, 3.63) is 23.2 Å². The fourth-order valence-corrected chi connectivity index (χ4v) is 3.56. The van der Waals surface area contributed by atoms with Gasteiger partial charge < -0.3 is 10.5 Å². The third-order valence-electron chi connectivity index (χ3n) is 3.05. The summed E-state index contributed by atoms with van der Waals surface area (Å²) in [6, 6.07) is 4.25. The highest BCUT2D eigenvalue weighted by Crippen LogP contribution is 2.27. The van der Waals surface area contributed by atoms with E-state index in [2.05, 4.69) is 0 Å². The van der Waals surface area contributed by atoms with Crippen LogP contribution in [0.25, 0.3) is 0 Å². The number of nitrogens with zero attached hydrogens (tertiary/aromatic N) is 1. The molecular weight excluding hydrogens is 276 g/mol. The number of sulfonamides is 1. The Labute approximate surface area is 112 Å². The van der Waals surface area contributed by atoms with Crippen LogP contribution in [-0.2, 0) is 14.8 Å². The van der Waals surface area contributed by atoms with Crippen molar-refractivity contribution in [1.29, 1.82) is 0 Å². The van der Waals surface area contributed by atoms with Gasteiger partial charge in [-0.25, -0.2) is 8.42 Å². The van der Waals surface area contributed by atoms with Crippen molar-refractivity contribution in [3.8, 4) is 0 Å². The van der Waals surface area contributed by atoms with Gasteiger partial charge in [0.1, 0.15) is 4.90 Å². The minimum Gasteiger partial charge on any atom is -0.398 e. The molecule has 0 amide bonds. The SMILES string of the molecule is CN(C1CCOC1)S(=O)(=O)c1ccc(Cl)cc1N. The minimum atomic E-state index is -3.60. The number of nitrogen functional groups attached to an aromatic ring is 1. The van der Waals surface area contributed by atoms with E-state index in [0.29, 0.717) is 24.7 Å². The molecule has 0 saturated carbocycles. The summed E-state index contributed by atoms with van der Waals surface area (Å²) in [5, 5.41) is 0.415. The zero-order chi connectivity index (χ0) is 13.3. The molecule has 5 nitrogen and oxygen atoms in total. The number of hydrogen-bond acceptors (Lipinski definition) is 4. The summed E-state index contributed by atoms with van der Waals surface area (Å²) in [6.45, 7) is 1.00. The van der Waals surface area contributed by atoms with E-state index in [1.54, 1.807) is 7.05 Å². The fourth-order valence-electron chi connectivity index (χ4n) is 1.91. The van der Waals surface area contributed by atoms with Gasteiger partial charge in [-0.2, -0.15) is 4.31 Å². The molecule has 0 bridgehead atoms. The molecule has 2 N–H and O–H groups in total. The smallest absolute Gasteiger partial charge is 0.245 e. The Morgan fingerprint density at radius 1 is 1.50 bits per heavy atom. The molecule has 100 valence electrons. The number of benzene rings is 1. The second-order valence-corrected chi connectivity index (χ2v) is 6.62. The van der Waals surface area contributed by atoms with Gasteiger partial charge in [0, 0.05) is 18.7 Å². The molecule has 2 rings (SSSR count). The van der Waals surface area contributed by atoms with Gasteiger partial charge >= 0.3 is 0 Å². The highest BCUT2D eigenvalue weighted by atomic mass is 35.5. The number of hydrogen-bond donors (Lipinski definition) is 1. The average molecular weight is 291 g/mol. The predicted molar refractivity (Wildman–Crippen MR) is 70.0 cm³/mol. The molecule has 1 heterocycles. The number of halogens is 1. The van der Waals surface area contributed by atoms with E-state index in [-0.39, 0.29) is 16.6 Å². The number of rotatable bonds is 3. The molecule has 1 saturated heterocycles. The van der Waals surface area contributed by atoms with Gasteiger partial charge in [0.2, 0.25) is 10.0 Å². The van der Waals surface area contributed by atoms with Crippen LogP contribution in [0.1, 0.15) is 6.42 Å². The molecule has 1 aromatic carbocycles. The Morgan fingerprint density at radius 2 is 2.22 bits per heavy atom. The van der Waals surface area contributed by atoms with E-state index in [9.17, 15) is 8.42 Å². The Hall–Kier alpha value is -0.820. The monoisotopic (exact) mass is 290 g/mol. The summed E-state index contributed by atoms with van der Waals surface area (Å²) in [5.41, 5.74) is 5.88. The summed E-state index contributed by atoms with van der Waals surface area (Å²) in [4.78, 5) is 0.0845. The Balaban J connectivity index is 2.35. The Bertz CT molecular complexity index is 541. The molecule has 0 radical (unpaired) electrons. The summed E-state index contributed by atoms with van der Waals surface area (Å²) in [6.07, 6.45) is 0.698. The zero-order valence-electron chi connectivity index (χ0n) is 9.97. The first-order valence-corrected chi connectivity index (χ1v) is 7.35. The van der Waals surface area contributed by atoms with E-state index in [1.165, 1.54) is 22.5 Å². The van der Waals surface area contributed by atoms with Crippen LogP contribution in [-0.4, -0.2) is 39.0 Å². The van der Waals surface area contributed by atoms with E-state index >= 15 is 0 Å². The molecule has 0 aliphatic carbocycles. The highest BCUT2D eigenvalue weighted by Gasteiger charge is 2.31. The lowest BCUT2D eigenvalue weighted by molar-refractivity contribution is 0.181. The lowest BCUT2D eigenvalue weighted by Gasteiger charge is -2.23. The maximum absolute atomic E-state index is 12.4. The van der Waals surface area contributed by atoms with Gasteiger partial charge in [-0.1, -0.05) is 11.6 Å². The van der Waals surface area contributed by atoms with Crippen molar-refractivity contribution in [3.63, 3.8) is 0 Å². The van der Waals surface area contributed by atoms with Crippen LogP contribution in [0, 0.1) is 0 Å². The fraction of sp³-hybridized carbons (Fsp3) is 0.455. The molecular formula is C11H15ClN2O3S. The lowest BCUT2D eigenvalue weighted by atomic mass is 10.3. The molecule has 1 aliphatic rings. The van der Waals surface area contributed by atoms with Gasteiger partial charge in [-0.3, -0.25) is 0 Å². The normalized spacial score (nSPS) is 20.5. The maximum Gasteiger partial charge on any atom is 0.245 e. The van der Waals surface area contributed by atoms with Crippen LogP contribution >= 0.6 is 11.6 Å². The third-order valence-corrected chi connectivity index (χ3v) is 5.27. The first-order valence-electron chi connectivity index (χ1n) is 5.53. The Morgan fingerprint density at radius 3 is 2.78 bits per heavy atom. The maximum atomic E-state index is 12.4. The van der Waals surface area contributed by atoms with Crippen LogP contribution < -0.4 is 5.73 Å². The molecule has 18 heavy (non-hydrogen) atoms. The number of ether oxygens (including phenoxy) is 1. The predicted octanol–water partition coefficient (Wildman–Crippen LogP) is 1.33. The lowest BCUT2D eigenvalue weighted by Crippen LogP contribution is -2.37. The topological polar surface area (TPSA) is 72.6 Å². The van der Waals surface area contributed by atoms with Crippen LogP contribution in [0.4, 0.5) is 5.69 Å². The molecule has 0 aromatic heterocycles. The quantitative estimate of drug-likeness (QED) is 0.853. The first-order chi connectivity index (χ1) is 8.43. The summed E-state index contributed by atoms with van der Waals surface area (Å²) in [7, 11) is -2.06. The van der Waals surface area contributed by atoms with Crippen molar-refractivity contribution in [2.45, 2.75) is 17.4 Å². The van der Waals surface area contributed by atoms with Gasteiger partial charge in [-0.05, 0) is 24.6 Å². The molecule has 1 aliphatic heterocycles. The average Bonchev–Trinajstić information content (AvgIpc) is 2.80. The van der Waals surface area contributed by atoms with Crippen molar-refractivity contribution < 1.29 is 13.2 Å². The summed E-state index contributed by atoms with van der Waals surface area (Å²) in [5.74, 6) is 0. The van der Waals surface area contributed by atoms with Gasteiger partial charge in [0.05, 0.1) is 18.3 Å². The van der Waals surface area contributed by atoms with Crippen molar-refractivity contribution in [1.82, 2.24) is 4.31 Å². The standard InChI is InChI=1S/C11H15ClN2O3S/c1-14(9-4-5-17-7-9)18(15,16)11-3-2-8(12)6-10(11)13/h2-3,6,9H,4-5,7,13H2,1H3. The second-order valence-electron chi connectivity index (χ2n) is 4.22. The van der Waals surface area contributed by atoms with E-state index < -0.39 is 10.0 Å². The third kappa shape index (κ3) is 2.47. The van der Waals surface area contributed by atoms with Crippen molar-refractivity contribution in [2.75, 3.05) is 26.0 Å². The molecule has 7 heteroatoms. The molecule has 1 fully saturated rings. The molecule has 1 aromatic rings. The van der Waals surface area contributed by atoms with Gasteiger partial charge in [0.25, 0.3) is 0 Å². The van der Waals surface area contributed by atoms with Crippen LogP contribution in [0.3, 0.4) is 0 Å². The van der Waals surface area contributed by atoms with E-state index in [4.69, 9.17) is 22.1 Å². The van der Waals surface area contributed by atoms with Crippen molar-refractivity contribution in [2.24, 2.45) is 0 Å². The number of anilines is 1.